The Kier molecular flexibility index (Phi) is 17.0. The normalized spacial score (nSPS) is 11.8. The summed E-state index contributed by atoms with van der Waals surface area (Å²) in [4.78, 5) is 0. The summed E-state index contributed by atoms with van der Waals surface area (Å²) in [5, 5.41) is 3.54. The van der Waals surface area contributed by atoms with Crippen molar-refractivity contribution in [1.82, 2.24) is 4.14 Å². The van der Waals surface area contributed by atoms with E-state index < -0.39 is 60.8 Å². The number of hydrogen-bond acceptors (Lipinski definition) is 1. The molecule has 0 aromatic heterocycles. The summed E-state index contributed by atoms with van der Waals surface area (Å²) in [7, 11) is 13.4. The van der Waals surface area contributed by atoms with E-state index in [2.05, 4.69) is 43.4 Å². The van der Waals surface area contributed by atoms with Crippen molar-refractivity contribution >= 4 is 63.0 Å². The molecular weight excluding hydrogens is 958 g/mol. The van der Waals surface area contributed by atoms with E-state index in [-0.39, 0.29) is 11.1 Å². The van der Waals surface area contributed by atoms with Crippen molar-refractivity contribution in [1.29, 1.82) is 0 Å². The van der Waals surface area contributed by atoms with Crippen molar-refractivity contribution in [3.8, 4) is 44.5 Å². The Morgan fingerprint density at radius 3 is 1.06 bits per heavy atom. The van der Waals surface area contributed by atoms with Gasteiger partial charge in [-0.15, -0.1) is 69.1 Å². The maximum atomic E-state index is 13.4. The van der Waals surface area contributed by atoms with Crippen molar-refractivity contribution in [3.05, 3.63) is 181 Å². The number of hydrogen-bond donors (Lipinski definition) is 0. The molecular formula is C50H46BCl2F6NSi2Zr. The van der Waals surface area contributed by atoms with Crippen molar-refractivity contribution in [2.24, 2.45) is 0 Å². The van der Waals surface area contributed by atoms with E-state index >= 15 is 0 Å². The van der Waals surface area contributed by atoms with Crippen LogP contribution in [0.15, 0.2) is 170 Å². The minimum atomic E-state index is -4.38. The summed E-state index contributed by atoms with van der Waals surface area (Å²) >= 11 is -0.826. The zero-order valence-corrected chi connectivity index (χ0v) is 41.7. The molecule has 13 heteroatoms. The van der Waals surface area contributed by atoms with Crippen LogP contribution in [0.25, 0.3) is 66.1 Å². The first-order valence-electron chi connectivity index (χ1n) is 20.0. The summed E-state index contributed by atoms with van der Waals surface area (Å²) in [6.07, 6.45) is -8.76. The van der Waals surface area contributed by atoms with Gasteiger partial charge in [0.15, 0.2) is 7.98 Å². The molecule has 0 unspecified atom stereocenters. The molecule has 0 fully saturated rings. The number of fused-ring (bicyclic) bond motifs is 2. The van der Waals surface area contributed by atoms with Crippen LogP contribution in [-0.2, 0) is 33.2 Å². The van der Waals surface area contributed by atoms with E-state index in [1.807, 2.05) is 97.1 Å². The van der Waals surface area contributed by atoms with Crippen molar-refractivity contribution in [2.45, 2.75) is 51.6 Å². The van der Waals surface area contributed by atoms with E-state index in [4.69, 9.17) is 25.0 Å². The molecule has 8 aromatic rings. The van der Waals surface area contributed by atoms with Crippen LogP contribution in [-0.4, -0.2) is 28.6 Å². The van der Waals surface area contributed by atoms with Gasteiger partial charge in [0, 0.05) is 0 Å². The van der Waals surface area contributed by atoms with Gasteiger partial charge in [0.05, 0.1) is 11.1 Å². The van der Waals surface area contributed by atoms with E-state index in [9.17, 15) is 26.3 Å². The van der Waals surface area contributed by atoms with Gasteiger partial charge in [-0.3, -0.25) is 0 Å². The quantitative estimate of drug-likeness (QED) is 0.0911. The Hall–Kier alpha value is -3.96. The molecule has 0 aliphatic carbocycles. The second-order valence-corrected chi connectivity index (χ2v) is 30.5. The first-order chi connectivity index (χ1) is 29.6. The molecule has 0 heterocycles. The summed E-state index contributed by atoms with van der Waals surface area (Å²) in [5.41, 5.74) is 4.54. The number of rotatable bonds is 6. The number of benzene rings is 6. The fraction of sp³-hybridized carbons (Fsp3) is 0.160. The standard InChI is InChI=1S/2C22H14F3.C6H18BNSi2.2ClH.Zr/c2*23-22(24,25)21-12-5-4-10-19(21)18-11-6-9-16-13-17(14-20(16)18)15-7-2-1-3-8-15;1-9(2,3)8(7)10(4,5)6;;;/h2*1-14H;1-6H3;2*1H;/q2*-1;;;;+4/p-2. The summed E-state index contributed by atoms with van der Waals surface area (Å²) in [6.45, 7) is 13.7. The minimum absolute atomic E-state index is 0.214. The van der Waals surface area contributed by atoms with E-state index in [0.29, 0.717) is 11.1 Å². The first-order valence-corrected chi connectivity index (χ1v) is 33.2. The van der Waals surface area contributed by atoms with Gasteiger partial charge < -0.3 is 4.14 Å². The van der Waals surface area contributed by atoms with Crippen LogP contribution in [0.1, 0.15) is 11.1 Å². The summed E-state index contributed by atoms with van der Waals surface area (Å²) < 4.78 is 82.6. The second kappa shape index (κ2) is 21.4. The van der Waals surface area contributed by atoms with Crippen LogP contribution < -0.4 is 0 Å². The van der Waals surface area contributed by atoms with Gasteiger partial charge in [0.1, 0.15) is 16.5 Å². The zero-order valence-electron chi connectivity index (χ0n) is 35.7. The van der Waals surface area contributed by atoms with Crippen LogP contribution in [0.2, 0.25) is 39.3 Å². The van der Waals surface area contributed by atoms with Gasteiger partial charge in [-0.2, -0.15) is 26.3 Å². The van der Waals surface area contributed by atoms with Crippen molar-refractivity contribution in [2.75, 3.05) is 0 Å². The van der Waals surface area contributed by atoms with Crippen LogP contribution >= 0.6 is 17.0 Å². The molecule has 0 saturated heterocycles. The third kappa shape index (κ3) is 13.1. The van der Waals surface area contributed by atoms with E-state index in [1.165, 1.54) is 24.3 Å². The number of nitrogens with zero attached hydrogens (tertiary/aromatic N) is 1. The van der Waals surface area contributed by atoms with Gasteiger partial charge in [-0.1, -0.05) is 183 Å². The first kappa shape index (κ1) is 50.0. The van der Waals surface area contributed by atoms with Crippen LogP contribution in [0.4, 0.5) is 26.3 Å². The Balaban J connectivity index is 0.000000187. The average molecular weight is 1000 g/mol. The average Bonchev–Trinajstić information content (AvgIpc) is 3.89. The molecule has 0 spiro atoms. The fourth-order valence-corrected chi connectivity index (χ4v) is 15.5. The van der Waals surface area contributed by atoms with Crippen LogP contribution in [0.5, 0.6) is 0 Å². The van der Waals surface area contributed by atoms with E-state index in [1.54, 1.807) is 36.4 Å². The molecule has 63 heavy (non-hydrogen) atoms. The third-order valence-corrected chi connectivity index (χ3v) is 17.1. The Morgan fingerprint density at radius 1 is 0.460 bits per heavy atom. The van der Waals surface area contributed by atoms with Gasteiger partial charge >= 0.3 is 50.2 Å². The predicted molar refractivity (Wildman–Crippen MR) is 257 cm³/mol. The third-order valence-electron chi connectivity index (χ3n) is 10.2. The SMILES string of the molecule is FC(F)(F)c1ccccc1-c1cccc2[cH-]c(-c3ccccc3)cc12.FC(F)(F)c1ccccc1-c1cccc2[cH-]c(-c3ccccc3)cc12.[B]N([Si](C)(C)C)[Si](C)(C)C.[Cl][Zr+2][Cl]. The van der Waals surface area contributed by atoms with Crippen LogP contribution in [0, 0.1) is 0 Å². The number of halogens is 8. The summed E-state index contributed by atoms with van der Waals surface area (Å²) in [6, 6.07) is 50.1. The number of alkyl halides is 6. The van der Waals surface area contributed by atoms with Crippen molar-refractivity contribution < 1.29 is 47.2 Å². The Morgan fingerprint density at radius 2 is 0.762 bits per heavy atom. The second-order valence-electron chi connectivity index (χ2n) is 16.7. The van der Waals surface area contributed by atoms with Crippen LogP contribution in [0.3, 0.4) is 0 Å². The Labute approximate surface area is 388 Å². The summed E-state index contributed by atoms with van der Waals surface area (Å²) in [5.74, 6) is 0. The molecule has 0 bridgehead atoms. The molecule has 0 amide bonds. The topological polar surface area (TPSA) is 3.24 Å². The van der Waals surface area contributed by atoms with E-state index in [0.717, 1.165) is 55.9 Å². The molecule has 8 rings (SSSR count). The molecule has 322 valence electrons. The van der Waals surface area contributed by atoms with Gasteiger partial charge in [0.25, 0.3) is 0 Å². The molecule has 0 N–H and O–H groups in total. The molecule has 2 radical (unpaired) electrons. The molecule has 0 aliphatic heterocycles. The fourth-order valence-electron chi connectivity index (χ4n) is 7.47. The molecule has 1 nitrogen and oxygen atoms in total. The van der Waals surface area contributed by atoms with Gasteiger partial charge in [0.2, 0.25) is 0 Å². The zero-order chi connectivity index (χ0) is 46.2. The molecule has 0 atom stereocenters. The monoisotopic (exact) mass is 1000 g/mol. The molecule has 8 aromatic carbocycles. The predicted octanol–water partition coefficient (Wildman–Crippen LogP) is 17.2. The maximum absolute atomic E-state index is 13.4. The molecule has 0 aliphatic rings. The molecule has 0 saturated carbocycles. The van der Waals surface area contributed by atoms with Crippen molar-refractivity contribution in [3.63, 3.8) is 0 Å². The Bertz CT molecular complexity index is 2520. The van der Waals surface area contributed by atoms with Gasteiger partial charge in [-0.05, 0) is 23.3 Å². The van der Waals surface area contributed by atoms with Gasteiger partial charge in [-0.25, -0.2) is 0 Å².